The Morgan fingerprint density at radius 2 is 2.18 bits per heavy atom. The molecule has 0 aliphatic heterocycles. The van der Waals surface area contributed by atoms with Gasteiger partial charge in [0.05, 0.1) is 5.69 Å². The molecule has 3 nitrogen and oxygen atoms in total. The summed E-state index contributed by atoms with van der Waals surface area (Å²) in [7, 11) is 0. The number of carbonyl (C=O) groups excluding carboxylic acids is 1. The molecule has 56 valence electrons. The van der Waals surface area contributed by atoms with E-state index in [-0.39, 0.29) is 0 Å². The number of pyridine rings is 1. The summed E-state index contributed by atoms with van der Waals surface area (Å²) < 4.78 is 0. The lowest BCUT2D eigenvalue weighted by molar-refractivity contribution is -0.106. The minimum atomic E-state index is 0.363. The summed E-state index contributed by atoms with van der Waals surface area (Å²) in [5.41, 5.74) is 0.821. The minimum Gasteiger partial charge on any atom is -0.303 e. The van der Waals surface area contributed by atoms with Crippen molar-refractivity contribution in [2.45, 2.75) is 6.42 Å². The fraction of sp³-hybridized carbons (Fsp3) is 0.125. The van der Waals surface area contributed by atoms with Gasteiger partial charge in [-0.25, -0.2) is 0 Å². The Bertz CT molecular complexity index is 244. The monoisotopic (exact) mass is 148 g/mol. The number of carbonyl (C=O) groups is 1. The van der Waals surface area contributed by atoms with Crippen molar-refractivity contribution in [1.82, 2.24) is 4.98 Å². The van der Waals surface area contributed by atoms with Crippen LogP contribution in [0.4, 0.5) is 5.69 Å². The van der Waals surface area contributed by atoms with Crippen LogP contribution in [0.15, 0.2) is 29.5 Å². The van der Waals surface area contributed by atoms with Crippen molar-refractivity contribution in [2.75, 3.05) is 0 Å². The number of hydrogen-bond donors (Lipinski definition) is 0. The largest absolute Gasteiger partial charge is 0.303 e. The summed E-state index contributed by atoms with van der Waals surface area (Å²) in [6, 6.07) is 3.56. The lowest BCUT2D eigenvalue weighted by Gasteiger charge is -1.87. The maximum Gasteiger partial charge on any atom is 0.125 e. The Labute approximate surface area is 64.8 Å². The van der Waals surface area contributed by atoms with Crippen LogP contribution in [0.1, 0.15) is 6.42 Å². The van der Waals surface area contributed by atoms with Crippen LogP contribution in [0.25, 0.3) is 0 Å². The second-order valence-corrected chi connectivity index (χ2v) is 1.92. The minimum absolute atomic E-state index is 0.363. The van der Waals surface area contributed by atoms with Crippen LogP contribution < -0.4 is 0 Å². The number of aldehydes is 1. The van der Waals surface area contributed by atoms with Crippen LogP contribution in [-0.4, -0.2) is 17.5 Å². The van der Waals surface area contributed by atoms with E-state index in [2.05, 4.69) is 9.98 Å². The molecule has 0 radical (unpaired) electrons. The third kappa shape index (κ3) is 2.71. The highest BCUT2D eigenvalue weighted by Gasteiger charge is 1.82. The van der Waals surface area contributed by atoms with Gasteiger partial charge in [0, 0.05) is 25.0 Å². The number of rotatable bonds is 3. The SMILES string of the molecule is O=CCC=Nc1ccncc1. The zero-order chi connectivity index (χ0) is 7.94. The molecule has 0 bridgehead atoms. The average Bonchev–Trinajstić information content (AvgIpc) is 2.07. The van der Waals surface area contributed by atoms with Gasteiger partial charge in [0.2, 0.25) is 0 Å². The summed E-state index contributed by atoms with van der Waals surface area (Å²) in [5, 5.41) is 0. The van der Waals surface area contributed by atoms with Gasteiger partial charge in [-0.1, -0.05) is 0 Å². The van der Waals surface area contributed by atoms with E-state index >= 15 is 0 Å². The van der Waals surface area contributed by atoms with Crippen molar-refractivity contribution in [2.24, 2.45) is 4.99 Å². The van der Waals surface area contributed by atoms with E-state index in [0.29, 0.717) is 6.42 Å². The Morgan fingerprint density at radius 3 is 2.82 bits per heavy atom. The second kappa shape index (κ2) is 4.33. The first-order valence-corrected chi connectivity index (χ1v) is 3.29. The molecule has 0 unspecified atom stereocenters. The van der Waals surface area contributed by atoms with Crippen molar-refractivity contribution in [1.29, 1.82) is 0 Å². The van der Waals surface area contributed by atoms with Crippen LogP contribution >= 0.6 is 0 Å². The molecule has 1 heterocycles. The maximum atomic E-state index is 9.89. The zero-order valence-corrected chi connectivity index (χ0v) is 5.97. The highest BCUT2D eigenvalue weighted by atomic mass is 16.1. The van der Waals surface area contributed by atoms with E-state index in [0.717, 1.165) is 12.0 Å². The summed E-state index contributed by atoms with van der Waals surface area (Å²) in [6.45, 7) is 0. The van der Waals surface area contributed by atoms with Crippen molar-refractivity contribution >= 4 is 18.2 Å². The van der Waals surface area contributed by atoms with E-state index in [4.69, 9.17) is 0 Å². The summed E-state index contributed by atoms with van der Waals surface area (Å²) in [4.78, 5) is 17.7. The lowest BCUT2D eigenvalue weighted by Crippen LogP contribution is -1.74. The number of hydrogen-bond acceptors (Lipinski definition) is 3. The van der Waals surface area contributed by atoms with Gasteiger partial charge in [-0.05, 0) is 12.1 Å². The molecule has 0 spiro atoms. The predicted octanol–water partition coefficient (Wildman–Crippen LogP) is 1.37. The molecule has 0 saturated carbocycles. The Kier molecular flexibility index (Phi) is 2.99. The molecule has 0 saturated heterocycles. The number of nitrogens with zero attached hydrogens (tertiary/aromatic N) is 2. The molecular weight excluding hydrogens is 140 g/mol. The fourth-order valence-electron chi connectivity index (χ4n) is 0.631. The van der Waals surface area contributed by atoms with E-state index in [9.17, 15) is 4.79 Å². The number of aliphatic imine (C=N–C) groups is 1. The molecule has 0 N–H and O–H groups in total. The van der Waals surface area contributed by atoms with Crippen LogP contribution in [-0.2, 0) is 4.79 Å². The zero-order valence-electron chi connectivity index (χ0n) is 5.97. The summed E-state index contributed by atoms with van der Waals surface area (Å²) in [5.74, 6) is 0. The van der Waals surface area contributed by atoms with E-state index in [1.807, 2.05) is 0 Å². The lowest BCUT2D eigenvalue weighted by atomic mass is 10.4. The van der Waals surface area contributed by atoms with Crippen LogP contribution in [0.3, 0.4) is 0 Å². The Morgan fingerprint density at radius 1 is 1.45 bits per heavy atom. The highest BCUT2D eigenvalue weighted by Crippen LogP contribution is 2.06. The number of aromatic nitrogens is 1. The van der Waals surface area contributed by atoms with E-state index in [1.165, 1.54) is 0 Å². The molecular formula is C8H8N2O. The summed E-state index contributed by atoms with van der Waals surface area (Å²) >= 11 is 0. The van der Waals surface area contributed by atoms with Crippen molar-refractivity contribution in [3.8, 4) is 0 Å². The van der Waals surface area contributed by atoms with E-state index in [1.54, 1.807) is 30.7 Å². The first-order valence-electron chi connectivity index (χ1n) is 3.29. The van der Waals surface area contributed by atoms with E-state index < -0.39 is 0 Å². The second-order valence-electron chi connectivity index (χ2n) is 1.92. The van der Waals surface area contributed by atoms with Gasteiger partial charge < -0.3 is 4.79 Å². The first kappa shape index (κ1) is 7.60. The van der Waals surface area contributed by atoms with Gasteiger partial charge in [-0.3, -0.25) is 9.98 Å². The molecule has 11 heavy (non-hydrogen) atoms. The maximum absolute atomic E-state index is 9.89. The van der Waals surface area contributed by atoms with Crippen molar-refractivity contribution < 1.29 is 4.79 Å². The highest BCUT2D eigenvalue weighted by molar-refractivity contribution is 5.77. The van der Waals surface area contributed by atoms with Gasteiger partial charge >= 0.3 is 0 Å². The van der Waals surface area contributed by atoms with Gasteiger partial charge in [0.25, 0.3) is 0 Å². The van der Waals surface area contributed by atoms with Crippen LogP contribution in [0.5, 0.6) is 0 Å². The molecule has 0 atom stereocenters. The quantitative estimate of drug-likeness (QED) is 0.480. The van der Waals surface area contributed by atoms with Crippen LogP contribution in [0.2, 0.25) is 0 Å². The molecule has 0 aliphatic carbocycles. The topological polar surface area (TPSA) is 42.3 Å². The molecule has 0 aliphatic rings. The van der Waals surface area contributed by atoms with Crippen molar-refractivity contribution in [3.63, 3.8) is 0 Å². The standard InChI is InChI=1S/C8H8N2O/c11-7-1-4-10-8-2-5-9-6-3-8/h2-7H,1H2. The molecule has 1 rings (SSSR count). The third-order valence-corrected chi connectivity index (χ3v) is 1.10. The summed E-state index contributed by atoms with van der Waals surface area (Å²) in [6.07, 6.45) is 6.07. The van der Waals surface area contributed by atoms with Gasteiger partial charge in [0.15, 0.2) is 0 Å². The smallest absolute Gasteiger partial charge is 0.125 e. The van der Waals surface area contributed by atoms with Gasteiger partial charge in [-0.15, -0.1) is 0 Å². The fourth-order valence-corrected chi connectivity index (χ4v) is 0.631. The predicted molar refractivity (Wildman–Crippen MR) is 43.1 cm³/mol. The molecule has 0 amide bonds. The van der Waals surface area contributed by atoms with Gasteiger partial charge in [-0.2, -0.15) is 0 Å². The molecule has 0 aromatic carbocycles. The molecule has 1 aromatic rings. The third-order valence-electron chi connectivity index (χ3n) is 1.10. The average molecular weight is 148 g/mol. The molecule has 3 heteroatoms. The van der Waals surface area contributed by atoms with Crippen molar-refractivity contribution in [3.05, 3.63) is 24.5 Å². The Hall–Kier alpha value is -1.51. The Balaban J connectivity index is 2.57. The van der Waals surface area contributed by atoms with Gasteiger partial charge in [0.1, 0.15) is 6.29 Å². The first-order chi connectivity index (χ1) is 5.43. The normalized spacial score (nSPS) is 10.2. The molecule has 0 fully saturated rings. The van der Waals surface area contributed by atoms with Crippen LogP contribution in [0, 0.1) is 0 Å². The molecule has 1 aromatic heterocycles.